The second-order valence-electron chi connectivity index (χ2n) is 8.93. The molecule has 2 heterocycles. The van der Waals surface area contributed by atoms with E-state index >= 15 is 0 Å². The van der Waals surface area contributed by atoms with E-state index in [9.17, 15) is 4.79 Å². The van der Waals surface area contributed by atoms with Crippen LogP contribution in [-0.2, 0) is 0 Å². The first-order valence-electron chi connectivity index (χ1n) is 10.5. The Labute approximate surface area is 176 Å². The lowest BCUT2D eigenvalue weighted by molar-refractivity contribution is 0.0322. The maximum atomic E-state index is 13.0. The van der Waals surface area contributed by atoms with Crippen LogP contribution >= 0.6 is 11.3 Å². The van der Waals surface area contributed by atoms with Crippen LogP contribution in [-0.4, -0.2) is 47.6 Å². The molecule has 1 N–H and O–H groups in total. The van der Waals surface area contributed by atoms with Crippen molar-refractivity contribution in [3.8, 4) is 0 Å². The van der Waals surface area contributed by atoms with Crippen LogP contribution in [0.3, 0.4) is 0 Å². The van der Waals surface area contributed by atoms with Crippen molar-refractivity contribution in [1.82, 2.24) is 15.2 Å². The van der Waals surface area contributed by atoms with Gasteiger partial charge in [0.2, 0.25) is 0 Å². The van der Waals surface area contributed by atoms with Gasteiger partial charge in [0.05, 0.1) is 33.5 Å². The Balaban J connectivity index is 1.38. The van der Waals surface area contributed by atoms with Gasteiger partial charge in [-0.25, -0.2) is 9.78 Å². The van der Waals surface area contributed by atoms with E-state index in [2.05, 4.69) is 53.6 Å². The Morgan fingerprint density at radius 3 is 2.76 bits per heavy atom. The second-order valence-corrected chi connectivity index (χ2v) is 9.78. The number of benzene rings is 1. The average Bonchev–Trinajstić information content (AvgIpc) is 3.34. The molecule has 1 unspecified atom stereocenters. The standard InChI is InChI=1S/C23H28N4OS/c1-26(2)23(17-7-4-3-5-8-17)13-11-22(12-14-23)15-27(21(28)25-22)19-10-6-9-18-20(19)29-16-24-18/h3-7,9-10,16-17H,8,11-15H2,1-2H3,(H,25,28). The van der Waals surface area contributed by atoms with Crippen molar-refractivity contribution in [2.75, 3.05) is 25.5 Å². The van der Waals surface area contributed by atoms with Crippen molar-refractivity contribution in [2.24, 2.45) is 5.92 Å². The molecule has 2 amide bonds. The van der Waals surface area contributed by atoms with Crippen LogP contribution in [0.15, 0.2) is 48.0 Å². The minimum atomic E-state index is -0.127. The number of carbonyl (C=O) groups is 1. The lowest BCUT2D eigenvalue weighted by atomic mass is 9.65. The SMILES string of the molecule is CN(C)C1(C2C=CC=CC2)CCC2(CC1)CN(c1cccc3ncsc13)C(=O)N2. The number of allylic oxidation sites excluding steroid dienone is 3. The second kappa shape index (κ2) is 6.96. The van der Waals surface area contributed by atoms with Crippen LogP contribution < -0.4 is 10.2 Å². The molecule has 5 rings (SSSR count). The summed E-state index contributed by atoms with van der Waals surface area (Å²) in [5, 5.41) is 3.38. The molecule has 6 heteroatoms. The zero-order valence-corrected chi connectivity index (χ0v) is 17.9. The highest BCUT2D eigenvalue weighted by Gasteiger charge is 2.51. The number of urea groups is 1. The van der Waals surface area contributed by atoms with Gasteiger partial charge < -0.3 is 10.2 Å². The molecule has 29 heavy (non-hydrogen) atoms. The van der Waals surface area contributed by atoms with Gasteiger partial charge in [0.1, 0.15) is 0 Å². The first-order valence-corrected chi connectivity index (χ1v) is 11.3. The predicted octanol–water partition coefficient (Wildman–Crippen LogP) is 4.57. The molecule has 1 saturated carbocycles. The highest BCUT2D eigenvalue weighted by Crippen LogP contribution is 2.47. The third-order valence-corrected chi connectivity index (χ3v) is 8.20. The summed E-state index contributed by atoms with van der Waals surface area (Å²) in [7, 11) is 4.43. The maximum Gasteiger partial charge on any atom is 0.322 e. The van der Waals surface area contributed by atoms with Gasteiger partial charge in [-0.2, -0.15) is 0 Å². The van der Waals surface area contributed by atoms with Crippen LogP contribution in [0, 0.1) is 5.92 Å². The van der Waals surface area contributed by atoms with E-state index in [0.717, 1.165) is 54.6 Å². The lowest BCUT2D eigenvalue weighted by Gasteiger charge is -2.52. The minimum absolute atomic E-state index is 0.0312. The number of fused-ring (bicyclic) bond motifs is 1. The lowest BCUT2D eigenvalue weighted by Crippen LogP contribution is -2.58. The summed E-state index contributed by atoms with van der Waals surface area (Å²) >= 11 is 1.61. The highest BCUT2D eigenvalue weighted by atomic mass is 32.1. The number of hydrogen-bond donors (Lipinski definition) is 1. The smallest absolute Gasteiger partial charge is 0.322 e. The van der Waals surface area contributed by atoms with E-state index < -0.39 is 0 Å². The number of nitrogens with one attached hydrogen (secondary N) is 1. The maximum absolute atomic E-state index is 13.0. The average molecular weight is 409 g/mol. The summed E-state index contributed by atoms with van der Waals surface area (Å²) in [4.78, 5) is 21.8. The fraction of sp³-hybridized carbons (Fsp3) is 0.478. The van der Waals surface area contributed by atoms with E-state index in [1.807, 2.05) is 28.6 Å². The van der Waals surface area contributed by atoms with Crippen LogP contribution in [0.4, 0.5) is 10.5 Å². The van der Waals surface area contributed by atoms with Crippen molar-refractivity contribution in [3.63, 3.8) is 0 Å². The van der Waals surface area contributed by atoms with Crippen LogP contribution in [0.5, 0.6) is 0 Å². The van der Waals surface area contributed by atoms with Gasteiger partial charge in [-0.1, -0.05) is 30.4 Å². The molecule has 1 aliphatic heterocycles. The molecule has 2 aromatic rings. The van der Waals surface area contributed by atoms with Gasteiger partial charge >= 0.3 is 6.03 Å². The Hall–Kier alpha value is -2.18. The summed E-state index contributed by atoms with van der Waals surface area (Å²) in [5.74, 6) is 0.541. The molecular formula is C23H28N4OS. The Kier molecular flexibility index (Phi) is 4.51. The molecule has 152 valence electrons. The number of aromatic nitrogens is 1. The number of hydrogen-bond acceptors (Lipinski definition) is 4. The van der Waals surface area contributed by atoms with Gasteiger partial charge in [0.15, 0.2) is 0 Å². The van der Waals surface area contributed by atoms with Gasteiger partial charge in [-0.3, -0.25) is 4.90 Å². The third-order valence-electron chi connectivity index (χ3n) is 7.34. The fourth-order valence-corrected chi connectivity index (χ4v) is 6.37. The molecule has 2 fully saturated rings. The molecule has 2 aliphatic carbocycles. The normalized spacial score (nSPS) is 31.9. The monoisotopic (exact) mass is 408 g/mol. The molecule has 3 aliphatic rings. The van der Waals surface area contributed by atoms with Crippen molar-refractivity contribution in [2.45, 2.75) is 43.2 Å². The summed E-state index contributed by atoms with van der Waals surface area (Å²) in [5.41, 5.74) is 3.86. The van der Waals surface area contributed by atoms with Crippen molar-refractivity contribution >= 4 is 33.3 Å². The summed E-state index contributed by atoms with van der Waals surface area (Å²) in [6, 6.07) is 6.09. The number of carbonyl (C=O) groups excluding carboxylic acids is 1. The fourth-order valence-electron chi connectivity index (χ4n) is 5.56. The minimum Gasteiger partial charge on any atom is -0.330 e. The van der Waals surface area contributed by atoms with Crippen LogP contribution in [0.1, 0.15) is 32.1 Å². The van der Waals surface area contributed by atoms with Crippen LogP contribution in [0.25, 0.3) is 10.2 Å². The third kappa shape index (κ3) is 3.01. The van der Waals surface area contributed by atoms with Gasteiger partial charge in [0, 0.05) is 5.54 Å². The number of amides is 2. The summed E-state index contributed by atoms with van der Waals surface area (Å²) in [6.45, 7) is 0.743. The molecule has 0 radical (unpaired) electrons. The van der Waals surface area contributed by atoms with E-state index in [4.69, 9.17) is 0 Å². The number of anilines is 1. The number of rotatable bonds is 3. The Morgan fingerprint density at radius 2 is 2.03 bits per heavy atom. The summed E-state index contributed by atoms with van der Waals surface area (Å²) < 4.78 is 1.09. The molecule has 1 aromatic heterocycles. The molecule has 1 atom stereocenters. The molecule has 0 bridgehead atoms. The topological polar surface area (TPSA) is 48.5 Å². The van der Waals surface area contributed by atoms with E-state index in [-0.39, 0.29) is 17.1 Å². The van der Waals surface area contributed by atoms with Gasteiger partial charge in [-0.05, 0) is 64.3 Å². The van der Waals surface area contributed by atoms with Crippen molar-refractivity contribution < 1.29 is 4.79 Å². The zero-order chi connectivity index (χ0) is 20.1. The first-order chi connectivity index (χ1) is 14.0. The predicted molar refractivity (Wildman–Crippen MR) is 120 cm³/mol. The van der Waals surface area contributed by atoms with E-state index in [1.165, 1.54) is 0 Å². The van der Waals surface area contributed by atoms with Crippen LogP contribution in [0.2, 0.25) is 0 Å². The first kappa shape index (κ1) is 18.8. The summed E-state index contributed by atoms with van der Waals surface area (Å²) in [6.07, 6.45) is 14.3. The molecular weight excluding hydrogens is 380 g/mol. The quantitative estimate of drug-likeness (QED) is 0.809. The molecule has 1 aromatic carbocycles. The van der Waals surface area contributed by atoms with Gasteiger partial charge in [0.25, 0.3) is 0 Å². The zero-order valence-electron chi connectivity index (χ0n) is 17.1. The van der Waals surface area contributed by atoms with E-state index in [0.29, 0.717) is 5.92 Å². The van der Waals surface area contributed by atoms with Gasteiger partial charge in [-0.15, -0.1) is 11.3 Å². The largest absolute Gasteiger partial charge is 0.330 e. The van der Waals surface area contributed by atoms with Crippen molar-refractivity contribution in [3.05, 3.63) is 48.0 Å². The Bertz CT molecular complexity index is 984. The highest BCUT2D eigenvalue weighted by molar-refractivity contribution is 7.17. The molecule has 1 saturated heterocycles. The number of thiazole rings is 1. The molecule has 1 spiro atoms. The number of nitrogens with zero attached hydrogens (tertiary/aromatic N) is 3. The molecule has 5 nitrogen and oxygen atoms in total. The van der Waals surface area contributed by atoms with Crippen molar-refractivity contribution in [1.29, 1.82) is 0 Å². The van der Waals surface area contributed by atoms with E-state index in [1.54, 1.807) is 11.3 Å². The Morgan fingerprint density at radius 1 is 1.21 bits per heavy atom.